The second-order valence-electron chi connectivity index (χ2n) is 1.88. The molecule has 0 saturated carbocycles. The molecule has 1 aromatic carbocycles. The van der Waals surface area contributed by atoms with Gasteiger partial charge < -0.3 is 8.74 Å². The molecule has 0 aliphatic carbocycles. The maximum atomic E-state index is 10.0. The van der Waals surface area contributed by atoms with Crippen molar-refractivity contribution in [3.05, 3.63) is 29.2 Å². The molecule has 1 unspecified atom stereocenters. The molecule has 1 atom stereocenters. The Labute approximate surface area is 71.1 Å². The van der Waals surface area contributed by atoms with E-state index in [-0.39, 0.29) is 5.75 Å². The number of rotatable bonds is 2. The van der Waals surface area contributed by atoms with E-state index in [9.17, 15) is 8.76 Å². The molecule has 0 fully saturated rings. The van der Waals surface area contributed by atoms with E-state index in [0.717, 1.165) is 0 Å². The predicted molar refractivity (Wildman–Crippen MR) is 40.7 cm³/mol. The summed E-state index contributed by atoms with van der Waals surface area (Å²) in [6.45, 7) is 0. The fraction of sp³-hybridized carbons (Fsp3) is 0. The minimum Gasteiger partial charge on any atom is -0.740 e. The molecule has 0 saturated heterocycles. The molecule has 0 N–H and O–H groups in total. The summed E-state index contributed by atoms with van der Waals surface area (Å²) in [6.07, 6.45) is 0. The van der Waals surface area contributed by atoms with Crippen LogP contribution in [0.1, 0.15) is 0 Å². The summed E-state index contributed by atoms with van der Waals surface area (Å²) >= 11 is -2.57. The lowest BCUT2D eigenvalue weighted by molar-refractivity contribution is 0.440. The summed E-state index contributed by atoms with van der Waals surface area (Å²) in [6, 6.07) is 5.60. The van der Waals surface area contributed by atoms with Crippen LogP contribution >= 0.6 is 0 Å². The Bertz CT molecular complexity index is 330. The van der Waals surface area contributed by atoms with E-state index < -0.39 is 11.4 Å². The van der Waals surface area contributed by atoms with E-state index >= 15 is 0 Å². The molecule has 0 aromatic heterocycles. The van der Waals surface area contributed by atoms with Gasteiger partial charge in [-0.05, 0) is 12.1 Å². The molecule has 0 aliphatic heterocycles. The average Bonchev–Trinajstić information content (AvgIpc) is 2.05. The van der Waals surface area contributed by atoms with Crippen LogP contribution in [-0.2, 0) is 11.4 Å². The zero-order chi connectivity index (χ0) is 8.97. The van der Waals surface area contributed by atoms with Crippen LogP contribution in [0.5, 0.6) is 5.75 Å². The largest absolute Gasteiger partial charge is 0.740 e. The Morgan fingerprint density at radius 3 is 2.42 bits per heavy atom. The highest BCUT2D eigenvalue weighted by atomic mass is 32.2. The molecule has 1 rings (SSSR count). The van der Waals surface area contributed by atoms with Crippen molar-refractivity contribution in [3.63, 3.8) is 0 Å². The van der Waals surface area contributed by atoms with Gasteiger partial charge in [0.05, 0.1) is 0 Å². The third kappa shape index (κ3) is 2.30. The lowest BCUT2D eigenvalue weighted by Crippen LogP contribution is -1.96. The summed E-state index contributed by atoms with van der Waals surface area (Å²) in [7, 11) is 0. The van der Waals surface area contributed by atoms with Crippen LogP contribution in [0.4, 0.5) is 5.69 Å². The Balaban J connectivity index is 2.80. The van der Waals surface area contributed by atoms with Gasteiger partial charge in [-0.15, -0.1) is 0 Å². The topological polar surface area (TPSA) is 77.5 Å². The highest BCUT2D eigenvalue weighted by Crippen LogP contribution is 2.17. The molecule has 5 nitrogen and oxygen atoms in total. The predicted octanol–water partition coefficient (Wildman–Crippen LogP) is 1.34. The zero-order valence-corrected chi connectivity index (χ0v) is 6.65. The smallest absolute Gasteiger partial charge is 0.385 e. The Morgan fingerprint density at radius 2 is 2.00 bits per heavy atom. The molecule has 12 heavy (non-hydrogen) atoms. The third-order valence-corrected chi connectivity index (χ3v) is 1.44. The standard InChI is InChI=1S/C6H4N2O3S/c7-8-5-1-3-6(4-2-5)11-12(9)10/h1-4H. The van der Waals surface area contributed by atoms with Gasteiger partial charge in [0.25, 0.3) is 0 Å². The molecule has 62 valence electrons. The van der Waals surface area contributed by atoms with Gasteiger partial charge in [0.15, 0.2) is 4.98 Å². The summed E-state index contributed by atoms with van der Waals surface area (Å²) < 4.78 is 24.4. The molecule has 6 heteroatoms. The van der Waals surface area contributed by atoms with Crippen molar-refractivity contribution in [3.8, 4) is 5.75 Å². The first-order valence-electron chi connectivity index (χ1n) is 2.95. The van der Waals surface area contributed by atoms with Crippen molar-refractivity contribution in [1.82, 2.24) is 0 Å². The van der Waals surface area contributed by atoms with Crippen LogP contribution in [0.25, 0.3) is 4.98 Å². The summed E-state index contributed by atoms with van der Waals surface area (Å²) in [5.41, 5.74) is 0.332. The molecule has 0 amide bonds. The maximum absolute atomic E-state index is 10.0. The van der Waals surface area contributed by atoms with Crippen molar-refractivity contribution >= 4 is 17.0 Å². The lowest BCUT2D eigenvalue weighted by atomic mass is 10.3. The molecule has 0 spiro atoms. The van der Waals surface area contributed by atoms with Crippen LogP contribution in [0, 0.1) is 5.39 Å². The van der Waals surface area contributed by atoms with Crippen LogP contribution in [0.2, 0.25) is 0 Å². The van der Waals surface area contributed by atoms with E-state index in [1.54, 1.807) is 0 Å². The molecule has 0 aliphatic rings. The number of nitrogens with zero attached hydrogens (tertiary/aromatic N) is 2. The van der Waals surface area contributed by atoms with Crippen LogP contribution in [-0.4, -0.2) is 8.76 Å². The Kier molecular flexibility index (Phi) is 2.74. The fourth-order valence-electron chi connectivity index (χ4n) is 0.647. The van der Waals surface area contributed by atoms with Crippen molar-refractivity contribution in [2.45, 2.75) is 0 Å². The molecular weight excluding hydrogens is 180 g/mol. The summed E-state index contributed by atoms with van der Waals surface area (Å²) in [4.78, 5) is 2.88. The second kappa shape index (κ2) is 3.80. The second-order valence-corrected chi connectivity index (χ2v) is 2.46. The normalized spacial score (nSPS) is 11.7. The molecule has 0 bridgehead atoms. The quantitative estimate of drug-likeness (QED) is 0.513. The van der Waals surface area contributed by atoms with Gasteiger partial charge >= 0.3 is 5.69 Å². The van der Waals surface area contributed by atoms with Gasteiger partial charge in [-0.3, -0.25) is 0 Å². The van der Waals surface area contributed by atoms with Gasteiger partial charge in [0.1, 0.15) is 17.1 Å². The Hall–Kier alpha value is -1.45. The highest BCUT2D eigenvalue weighted by Gasteiger charge is 2.02. The van der Waals surface area contributed by atoms with E-state index in [4.69, 9.17) is 5.39 Å². The number of diazo groups is 1. The average molecular weight is 184 g/mol. The van der Waals surface area contributed by atoms with E-state index in [1.807, 2.05) is 0 Å². The van der Waals surface area contributed by atoms with Gasteiger partial charge in [-0.25, -0.2) is 4.21 Å². The van der Waals surface area contributed by atoms with Crippen LogP contribution < -0.4 is 4.18 Å². The van der Waals surface area contributed by atoms with Gasteiger partial charge in [0.2, 0.25) is 5.39 Å². The van der Waals surface area contributed by atoms with Crippen molar-refractivity contribution in [2.75, 3.05) is 0 Å². The van der Waals surface area contributed by atoms with Gasteiger partial charge in [-0.2, -0.15) is 0 Å². The SMILES string of the molecule is N#[N+]c1ccc(OS(=O)[O-])cc1. The Morgan fingerprint density at radius 1 is 1.42 bits per heavy atom. The molecular formula is C6H4N2O3S. The van der Waals surface area contributed by atoms with Crippen molar-refractivity contribution < 1.29 is 12.9 Å². The number of hydrogen-bond acceptors (Lipinski definition) is 4. The van der Waals surface area contributed by atoms with E-state index in [2.05, 4.69) is 9.16 Å². The van der Waals surface area contributed by atoms with Crippen LogP contribution in [0.3, 0.4) is 0 Å². The molecule has 1 aromatic rings. The zero-order valence-electron chi connectivity index (χ0n) is 5.84. The monoisotopic (exact) mass is 184 g/mol. The number of hydrogen-bond donors (Lipinski definition) is 0. The summed E-state index contributed by atoms with van der Waals surface area (Å²) in [5.74, 6) is 0.177. The lowest BCUT2D eigenvalue weighted by Gasteiger charge is -2.04. The van der Waals surface area contributed by atoms with Gasteiger partial charge in [-0.1, -0.05) is 0 Å². The maximum Gasteiger partial charge on any atom is 0.385 e. The van der Waals surface area contributed by atoms with Gasteiger partial charge in [0, 0.05) is 12.1 Å². The van der Waals surface area contributed by atoms with E-state index in [1.165, 1.54) is 24.3 Å². The number of benzene rings is 1. The minimum atomic E-state index is -2.57. The molecule has 0 heterocycles. The first kappa shape index (κ1) is 8.64. The fourth-order valence-corrected chi connectivity index (χ4v) is 0.915. The first-order chi connectivity index (χ1) is 5.72. The molecule has 0 radical (unpaired) electrons. The van der Waals surface area contributed by atoms with Crippen molar-refractivity contribution in [2.24, 2.45) is 0 Å². The van der Waals surface area contributed by atoms with E-state index in [0.29, 0.717) is 5.69 Å². The minimum absolute atomic E-state index is 0.177. The van der Waals surface area contributed by atoms with Crippen molar-refractivity contribution in [1.29, 1.82) is 5.39 Å². The van der Waals surface area contributed by atoms with Crippen LogP contribution in [0.15, 0.2) is 24.3 Å². The summed E-state index contributed by atoms with van der Waals surface area (Å²) in [5, 5.41) is 8.27. The highest BCUT2D eigenvalue weighted by molar-refractivity contribution is 7.74. The third-order valence-electron chi connectivity index (χ3n) is 1.12. The first-order valence-corrected chi connectivity index (χ1v) is 3.95.